The zero-order valence-electron chi connectivity index (χ0n) is 29.0. The van der Waals surface area contributed by atoms with Gasteiger partial charge in [0.2, 0.25) is 0 Å². The van der Waals surface area contributed by atoms with Crippen LogP contribution in [0.1, 0.15) is 39.5 Å². The monoisotopic (exact) mass is 728 g/mol. The first-order chi connectivity index (χ1) is 24.9. The maximum atomic E-state index is 13.1. The van der Waals surface area contributed by atoms with Gasteiger partial charge < -0.3 is 4.74 Å². The number of hydrogen-bond donors (Lipinski definition) is 0. The SMILES string of the molecule is CCN1CCCC1Cn1cnc2c(-c3ccc(F)cc3)nsc2c1=O.CCN1CCCC1Cn1cnc2c(-c3ccc(OC)cc3)nsc2c1=O. The van der Waals surface area contributed by atoms with Crippen molar-refractivity contribution < 1.29 is 9.13 Å². The van der Waals surface area contributed by atoms with Crippen LogP contribution < -0.4 is 15.9 Å². The number of aromatic nitrogens is 6. The van der Waals surface area contributed by atoms with Crippen LogP contribution in [0, 0.1) is 5.82 Å². The smallest absolute Gasteiger partial charge is 0.272 e. The van der Waals surface area contributed by atoms with Crippen molar-refractivity contribution in [1.29, 1.82) is 0 Å². The van der Waals surface area contributed by atoms with Gasteiger partial charge in [0.25, 0.3) is 11.1 Å². The molecule has 0 saturated carbocycles. The summed E-state index contributed by atoms with van der Waals surface area (Å²) in [6.07, 6.45) is 7.93. The molecule has 2 saturated heterocycles. The topological polar surface area (TPSA) is 111 Å². The molecule has 0 spiro atoms. The molecule has 2 aliphatic heterocycles. The van der Waals surface area contributed by atoms with E-state index >= 15 is 0 Å². The van der Waals surface area contributed by atoms with E-state index in [4.69, 9.17) is 4.74 Å². The Balaban J connectivity index is 0.000000159. The van der Waals surface area contributed by atoms with E-state index in [9.17, 15) is 14.0 Å². The lowest BCUT2D eigenvalue weighted by Crippen LogP contribution is -2.35. The fourth-order valence-corrected chi connectivity index (χ4v) is 8.81. The summed E-state index contributed by atoms with van der Waals surface area (Å²) in [6.45, 7) is 9.94. The summed E-state index contributed by atoms with van der Waals surface area (Å²) >= 11 is 2.40. The molecular formula is C37H41FN8O3S2. The molecule has 2 fully saturated rings. The second-order valence-electron chi connectivity index (χ2n) is 12.9. The third-order valence-corrected chi connectivity index (χ3v) is 11.7. The van der Waals surface area contributed by atoms with Crippen LogP contribution in [-0.4, -0.2) is 83.0 Å². The molecule has 2 aromatic carbocycles. The summed E-state index contributed by atoms with van der Waals surface area (Å²) in [4.78, 5) is 39.6. The molecule has 2 atom stereocenters. The highest BCUT2D eigenvalue weighted by Gasteiger charge is 2.26. The minimum absolute atomic E-state index is 0.00946. The van der Waals surface area contributed by atoms with E-state index in [1.165, 1.54) is 48.0 Å². The Morgan fingerprint density at radius 2 is 1.18 bits per heavy atom. The van der Waals surface area contributed by atoms with Crippen molar-refractivity contribution in [3.63, 3.8) is 0 Å². The van der Waals surface area contributed by atoms with Gasteiger partial charge in [-0.3, -0.25) is 28.5 Å². The lowest BCUT2D eigenvalue weighted by atomic mass is 10.1. The van der Waals surface area contributed by atoms with Crippen molar-refractivity contribution in [2.75, 3.05) is 33.3 Å². The molecule has 8 rings (SSSR count). The van der Waals surface area contributed by atoms with Crippen molar-refractivity contribution in [3.05, 3.63) is 87.7 Å². The van der Waals surface area contributed by atoms with Crippen molar-refractivity contribution in [3.8, 4) is 28.3 Å². The van der Waals surface area contributed by atoms with E-state index in [0.29, 0.717) is 51.3 Å². The number of rotatable bonds is 9. The summed E-state index contributed by atoms with van der Waals surface area (Å²) in [5.74, 6) is 0.497. The second kappa shape index (κ2) is 15.5. The summed E-state index contributed by atoms with van der Waals surface area (Å²) in [6, 6.07) is 14.6. The standard InChI is InChI=1S/C19H22N4O2S.C18H19FN4OS/c1-3-22-10-4-5-14(22)11-23-12-20-17-16(21-26-18(17)19(23)24)13-6-8-15(25-2)9-7-13;1-2-22-9-3-4-14(22)10-23-11-20-16-15(21-25-17(16)18(23)24)12-5-7-13(19)8-6-12/h6-9,12,14H,3-5,10-11H2,1-2H3;5-8,11,14H,2-4,9-10H2,1H3. The van der Waals surface area contributed by atoms with Crippen molar-refractivity contribution in [2.24, 2.45) is 0 Å². The fraction of sp³-hybridized carbons (Fsp3) is 0.405. The summed E-state index contributed by atoms with van der Waals surface area (Å²) in [7, 11) is 1.64. The van der Waals surface area contributed by atoms with Gasteiger partial charge in [-0.2, -0.15) is 8.75 Å². The predicted molar refractivity (Wildman–Crippen MR) is 201 cm³/mol. The maximum absolute atomic E-state index is 13.1. The molecular weight excluding hydrogens is 688 g/mol. The van der Waals surface area contributed by atoms with Gasteiger partial charge in [0.05, 0.1) is 19.8 Å². The van der Waals surface area contributed by atoms with Crippen LogP contribution in [0.5, 0.6) is 5.75 Å². The van der Waals surface area contributed by atoms with Crippen molar-refractivity contribution >= 4 is 43.5 Å². The molecule has 51 heavy (non-hydrogen) atoms. The number of likely N-dealkylation sites (N-methyl/N-ethyl adjacent to an activating group) is 2. The first-order valence-corrected chi connectivity index (χ1v) is 19.0. The number of hydrogen-bond acceptors (Lipinski definition) is 11. The number of nitrogens with zero attached hydrogens (tertiary/aromatic N) is 8. The molecule has 11 nitrogen and oxygen atoms in total. The molecule has 0 bridgehead atoms. The third-order valence-electron chi connectivity index (χ3n) is 10.0. The van der Waals surface area contributed by atoms with Gasteiger partial charge in [-0.05, 0) is 123 Å². The molecule has 0 N–H and O–H groups in total. The largest absolute Gasteiger partial charge is 0.497 e. The first-order valence-electron chi connectivity index (χ1n) is 17.5. The van der Waals surface area contributed by atoms with E-state index in [0.717, 1.165) is 61.6 Å². The number of fused-ring (bicyclic) bond motifs is 2. The van der Waals surface area contributed by atoms with Crippen LogP contribution in [0.3, 0.4) is 0 Å². The summed E-state index contributed by atoms with van der Waals surface area (Å²) in [5, 5.41) is 0. The van der Waals surface area contributed by atoms with Gasteiger partial charge in [-0.1, -0.05) is 13.8 Å². The van der Waals surface area contributed by atoms with Gasteiger partial charge in [0.1, 0.15) is 43.4 Å². The third kappa shape index (κ3) is 7.23. The van der Waals surface area contributed by atoms with Gasteiger partial charge in [-0.15, -0.1) is 0 Å². The van der Waals surface area contributed by atoms with Crippen molar-refractivity contribution in [2.45, 2.75) is 64.7 Å². The lowest BCUT2D eigenvalue weighted by Gasteiger charge is -2.23. The Bertz CT molecular complexity index is 2230. The first kappa shape index (κ1) is 35.1. The molecule has 14 heteroatoms. The quantitative estimate of drug-likeness (QED) is 0.173. The van der Waals surface area contributed by atoms with Crippen LogP contribution in [0.4, 0.5) is 4.39 Å². The van der Waals surface area contributed by atoms with Crippen LogP contribution >= 0.6 is 23.1 Å². The van der Waals surface area contributed by atoms with Crippen LogP contribution in [0.25, 0.3) is 42.9 Å². The van der Waals surface area contributed by atoms with Gasteiger partial charge >= 0.3 is 0 Å². The zero-order valence-corrected chi connectivity index (χ0v) is 30.6. The maximum Gasteiger partial charge on any atom is 0.272 e. The van der Waals surface area contributed by atoms with Gasteiger partial charge in [-0.25, -0.2) is 14.4 Å². The molecule has 2 unspecified atom stereocenters. The summed E-state index contributed by atoms with van der Waals surface area (Å²) < 4.78 is 31.8. The molecule has 6 aromatic rings. The van der Waals surface area contributed by atoms with Gasteiger partial charge in [0.15, 0.2) is 0 Å². The van der Waals surface area contributed by atoms with E-state index in [-0.39, 0.29) is 16.9 Å². The van der Waals surface area contributed by atoms with Crippen LogP contribution in [0.2, 0.25) is 0 Å². The number of benzene rings is 2. The second-order valence-corrected chi connectivity index (χ2v) is 14.5. The highest BCUT2D eigenvalue weighted by atomic mass is 32.1. The Morgan fingerprint density at radius 1 is 0.725 bits per heavy atom. The molecule has 2 aliphatic rings. The van der Waals surface area contributed by atoms with Crippen molar-refractivity contribution in [1.82, 2.24) is 37.6 Å². The average Bonchev–Trinajstić information content (AvgIpc) is 3.98. The minimum Gasteiger partial charge on any atom is -0.497 e. The fourth-order valence-electron chi connectivity index (χ4n) is 7.20. The average molecular weight is 729 g/mol. The molecule has 266 valence electrons. The summed E-state index contributed by atoms with van der Waals surface area (Å²) in [5.41, 5.74) is 4.35. The van der Waals surface area contributed by atoms with Crippen LogP contribution in [-0.2, 0) is 13.1 Å². The Kier molecular flexibility index (Phi) is 10.6. The highest BCUT2D eigenvalue weighted by molar-refractivity contribution is 7.13. The lowest BCUT2D eigenvalue weighted by molar-refractivity contribution is 0.242. The Morgan fingerprint density at radius 3 is 1.61 bits per heavy atom. The minimum atomic E-state index is -0.296. The zero-order chi connectivity index (χ0) is 35.5. The number of halogens is 1. The predicted octanol–water partition coefficient (Wildman–Crippen LogP) is 6.16. The highest BCUT2D eigenvalue weighted by Crippen LogP contribution is 2.30. The Hall–Kier alpha value is -4.37. The van der Waals surface area contributed by atoms with E-state index < -0.39 is 0 Å². The normalized spacial score (nSPS) is 18.0. The molecule has 0 radical (unpaired) electrons. The number of methoxy groups -OCH3 is 1. The number of ether oxygens (including phenoxy) is 1. The number of likely N-dealkylation sites (tertiary alicyclic amines) is 2. The molecule has 0 amide bonds. The molecule has 4 aromatic heterocycles. The van der Waals surface area contributed by atoms with E-state index in [2.05, 4.69) is 42.4 Å². The van der Waals surface area contributed by atoms with E-state index in [1.54, 1.807) is 41.0 Å². The molecule has 0 aliphatic carbocycles. The molecule has 6 heterocycles. The van der Waals surface area contributed by atoms with Gasteiger partial charge in [0, 0.05) is 36.3 Å². The van der Waals surface area contributed by atoms with E-state index in [1.807, 2.05) is 24.3 Å². The van der Waals surface area contributed by atoms with Crippen LogP contribution in [0.15, 0.2) is 70.8 Å². The Labute approximate surface area is 303 Å².